The molecule has 0 N–H and O–H groups in total. The van der Waals surface area contributed by atoms with Gasteiger partial charge in [-0.25, -0.2) is 0 Å². The Bertz CT molecular complexity index is 237. The molecule has 0 aliphatic heterocycles. The second kappa shape index (κ2) is 2.29. The maximum absolute atomic E-state index is 5.96. The SMILES string of the molecule is ClC(Cl)(Cl)[C@@H]1C2C3[C@@H]2C[C@@H]1[C@@H]3Br. The fourth-order valence-electron chi connectivity index (χ4n) is 3.52. The molecule has 0 nitrogen and oxygen atoms in total. The van der Waals surface area contributed by atoms with Crippen LogP contribution in [0.4, 0.5) is 0 Å². The average Bonchev–Trinajstić information content (AvgIpc) is 2.33. The van der Waals surface area contributed by atoms with Crippen molar-refractivity contribution in [3.05, 3.63) is 0 Å². The number of hydrogen-bond acceptors (Lipinski definition) is 0. The molecule has 0 aromatic heterocycles. The molecule has 0 aromatic rings. The molecule has 0 saturated heterocycles. The van der Waals surface area contributed by atoms with Crippen LogP contribution in [-0.2, 0) is 0 Å². The topological polar surface area (TPSA) is 0 Å². The van der Waals surface area contributed by atoms with Gasteiger partial charge in [-0.2, -0.15) is 0 Å². The van der Waals surface area contributed by atoms with Gasteiger partial charge in [0.05, 0.1) is 0 Å². The van der Waals surface area contributed by atoms with E-state index in [2.05, 4.69) is 15.9 Å². The Morgan fingerprint density at radius 3 is 1.92 bits per heavy atom. The molecule has 0 amide bonds. The highest BCUT2D eigenvalue weighted by molar-refractivity contribution is 9.09. The summed E-state index contributed by atoms with van der Waals surface area (Å²) in [6, 6.07) is 0. The average molecular weight is 290 g/mol. The smallest absolute Gasteiger partial charge is 0.0884 e. The highest BCUT2D eigenvalue weighted by Gasteiger charge is 2.75. The van der Waals surface area contributed by atoms with E-state index >= 15 is 0 Å². The summed E-state index contributed by atoms with van der Waals surface area (Å²) in [5.41, 5.74) is 0. The van der Waals surface area contributed by atoms with Crippen LogP contribution in [0, 0.1) is 29.6 Å². The van der Waals surface area contributed by atoms with Crippen molar-refractivity contribution in [1.82, 2.24) is 0 Å². The Labute approximate surface area is 95.1 Å². The minimum Gasteiger partial charge on any atom is -0.0884 e. The second-order valence-corrected chi connectivity index (χ2v) is 7.66. The molecule has 4 aliphatic rings. The maximum Gasteiger partial charge on any atom is 0.193 e. The fourth-order valence-corrected chi connectivity index (χ4v) is 5.73. The summed E-state index contributed by atoms with van der Waals surface area (Å²) in [5.74, 6) is 3.36. The Morgan fingerprint density at radius 1 is 1.08 bits per heavy atom. The van der Waals surface area contributed by atoms with Gasteiger partial charge in [0.15, 0.2) is 3.79 Å². The van der Waals surface area contributed by atoms with Gasteiger partial charge < -0.3 is 0 Å². The van der Waals surface area contributed by atoms with Crippen molar-refractivity contribution >= 4 is 50.7 Å². The molecule has 12 heavy (non-hydrogen) atoms. The van der Waals surface area contributed by atoms with E-state index < -0.39 is 3.79 Å². The van der Waals surface area contributed by atoms with Gasteiger partial charge in [-0.1, -0.05) is 50.7 Å². The Kier molecular flexibility index (Phi) is 1.65. The van der Waals surface area contributed by atoms with Gasteiger partial charge in [-0.05, 0) is 30.1 Å². The summed E-state index contributed by atoms with van der Waals surface area (Å²) in [6.45, 7) is 0. The fraction of sp³-hybridized carbons (Fsp3) is 1.00. The molecule has 4 saturated carbocycles. The van der Waals surface area contributed by atoms with Crippen molar-refractivity contribution in [1.29, 1.82) is 0 Å². The summed E-state index contributed by atoms with van der Waals surface area (Å²) in [5, 5.41) is 0. The van der Waals surface area contributed by atoms with E-state index in [0.29, 0.717) is 22.6 Å². The standard InChI is InChI=1S/C8H8BrCl3/c9-7-3-1-2-4(5(2)7)6(3)8(10,11)12/h2-7H,1H2/t2-,3+,4?,5?,6+,7+/m1/s1. The van der Waals surface area contributed by atoms with Crippen LogP contribution in [0.15, 0.2) is 0 Å². The summed E-state index contributed by atoms with van der Waals surface area (Å²) >= 11 is 21.6. The minimum absolute atomic E-state index is 0.321. The molecular formula is C8H8BrCl3. The molecule has 0 aromatic carbocycles. The van der Waals surface area contributed by atoms with E-state index in [0.717, 1.165) is 11.8 Å². The predicted octanol–water partition coefficient (Wildman–Crippen LogP) is 3.63. The number of rotatable bonds is 0. The molecule has 4 bridgehead atoms. The van der Waals surface area contributed by atoms with Gasteiger partial charge >= 0.3 is 0 Å². The Morgan fingerprint density at radius 2 is 1.75 bits per heavy atom. The molecule has 4 fully saturated rings. The van der Waals surface area contributed by atoms with E-state index in [4.69, 9.17) is 34.8 Å². The summed E-state index contributed by atoms with van der Waals surface area (Å²) in [7, 11) is 0. The third-order valence-electron chi connectivity index (χ3n) is 3.87. The highest BCUT2D eigenvalue weighted by atomic mass is 79.9. The summed E-state index contributed by atoms with van der Waals surface area (Å²) in [6.07, 6.45) is 1.28. The molecule has 0 spiro atoms. The lowest BCUT2D eigenvalue weighted by Gasteiger charge is -2.24. The van der Waals surface area contributed by atoms with Crippen molar-refractivity contribution < 1.29 is 0 Å². The van der Waals surface area contributed by atoms with E-state index in [-0.39, 0.29) is 0 Å². The van der Waals surface area contributed by atoms with Crippen LogP contribution in [-0.4, -0.2) is 8.62 Å². The summed E-state index contributed by atoms with van der Waals surface area (Å²) < 4.78 is -1.03. The number of halogens is 4. The van der Waals surface area contributed by atoms with Crippen molar-refractivity contribution in [2.75, 3.05) is 0 Å². The largest absolute Gasteiger partial charge is 0.193 e. The molecule has 4 rings (SSSR count). The lowest BCUT2D eigenvalue weighted by atomic mass is 10.0. The van der Waals surface area contributed by atoms with Crippen LogP contribution in [0.5, 0.6) is 0 Å². The number of hydrogen-bond donors (Lipinski definition) is 0. The van der Waals surface area contributed by atoms with Gasteiger partial charge in [0.2, 0.25) is 0 Å². The lowest BCUT2D eigenvalue weighted by molar-refractivity contribution is 0.425. The third kappa shape index (κ3) is 0.872. The normalized spacial score (nSPS) is 61.0. The molecule has 2 unspecified atom stereocenters. The van der Waals surface area contributed by atoms with Crippen molar-refractivity contribution in [3.8, 4) is 0 Å². The first kappa shape index (κ1) is 8.64. The first-order chi connectivity index (χ1) is 5.52. The maximum atomic E-state index is 5.96. The molecule has 4 aliphatic carbocycles. The van der Waals surface area contributed by atoms with Gasteiger partial charge in [0.25, 0.3) is 0 Å². The quantitative estimate of drug-likeness (QED) is 0.598. The molecule has 0 radical (unpaired) electrons. The second-order valence-electron chi connectivity index (χ2n) is 4.23. The highest BCUT2D eigenvalue weighted by Crippen LogP contribution is 2.78. The van der Waals surface area contributed by atoms with E-state index in [9.17, 15) is 0 Å². The van der Waals surface area contributed by atoms with Crippen LogP contribution in [0.25, 0.3) is 0 Å². The van der Waals surface area contributed by atoms with E-state index in [1.807, 2.05) is 0 Å². The molecule has 4 heteroatoms. The summed E-state index contributed by atoms with van der Waals surface area (Å²) in [4.78, 5) is 0.633. The molecular weight excluding hydrogens is 282 g/mol. The molecule has 68 valence electrons. The van der Waals surface area contributed by atoms with Crippen molar-refractivity contribution in [2.45, 2.75) is 15.0 Å². The number of alkyl halides is 4. The van der Waals surface area contributed by atoms with E-state index in [1.165, 1.54) is 6.42 Å². The zero-order chi connectivity index (χ0) is 8.67. The minimum atomic E-state index is -1.03. The van der Waals surface area contributed by atoms with Crippen LogP contribution in [0.1, 0.15) is 6.42 Å². The predicted molar refractivity (Wildman–Crippen MR) is 55.1 cm³/mol. The zero-order valence-electron chi connectivity index (χ0n) is 6.18. The molecule has 6 atom stereocenters. The zero-order valence-corrected chi connectivity index (χ0v) is 10.0. The lowest BCUT2D eigenvalue weighted by Crippen LogP contribution is -2.24. The third-order valence-corrected chi connectivity index (χ3v) is 5.91. The first-order valence-electron chi connectivity index (χ1n) is 4.22. The van der Waals surface area contributed by atoms with Gasteiger partial charge in [0, 0.05) is 10.7 Å². The van der Waals surface area contributed by atoms with Gasteiger partial charge in [0.1, 0.15) is 0 Å². The van der Waals surface area contributed by atoms with E-state index in [1.54, 1.807) is 0 Å². The van der Waals surface area contributed by atoms with Crippen LogP contribution >= 0.6 is 50.7 Å². The first-order valence-corrected chi connectivity index (χ1v) is 6.27. The Hall–Kier alpha value is 1.35. The Balaban J connectivity index is 1.94. The van der Waals surface area contributed by atoms with Gasteiger partial charge in [-0.3, -0.25) is 0 Å². The monoisotopic (exact) mass is 288 g/mol. The molecule has 0 heterocycles. The van der Waals surface area contributed by atoms with Crippen LogP contribution in [0.2, 0.25) is 0 Å². The van der Waals surface area contributed by atoms with Gasteiger partial charge in [-0.15, -0.1) is 0 Å². The van der Waals surface area contributed by atoms with Crippen LogP contribution in [0.3, 0.4) is 0 Å². The van der Waals surface area contributed by atoms with Crippen LogP contribution < -0.4 is 0 Å². The van der Waals surface area contributed by atoms with Crippen molar-refractivity contribution in [3.63, 3.8) is 0 Å². The van der Waals surface area contributed by atoms with Crippen molar-refractivity contribution in [2.24, 2.45) is 29.6 Å².